The Hall–Kier alpha value is -3.22. The molecule has 0 aromatic carbocycles. The fourth-order valence-electron chi connectivity index (χ4n) is 2.62. The first-order valence-electron chi connectivity index (χ1n) is 7.71. The molecule has 0 saturated heterocycles. The second-order valence-corrected chi connectivity index (χ2v) is 5.54. The van der Waals surface area contributed by atoms with Crippen molar-refractivity contribution in [3.05, 3.63) is 55.4 Å². The molecule has 0 unspecified atom stereocenters. The van der Waals surface area contributed by atoms with E-state index in [4.69, 9.17) is 4.98 Å². The summed E-state index contributed by atoms with van der Waals surface area (Å²) < 4.78 is 5.62. The van der Waals surface area contributed by atoms with E-state index in [0.29, 0.717) is 0 Å². The van der Waals surface area contributed by atoms with Crippen LogP contribution in [0.3, 0.4) is 0 Å². The van der Waals surface area contributed by atoms with E-state index in [0.717, 1.165) is 34.8 Å². The first-order chi connectivity index (χ1) is 11.7. The molecule has 0 amide bonds. The molecule has 0 aliphatic rings. The molecular formula is C17H17N7. The highest BCUT2D eigenvalue weighted by atomic mass is 15.3. The number of hydrogen-bond acceptors (Lipinski definition) is 4. The lowest BCUT2D eigenvalue weighted by Crippen LogP contribution is -1.97. The third-order valence-electron chi connectivity index (χ3n) is 3.81. The van der Waals surface area contributed by atoms with Crippen LogP contribution in [0.4, 0.5) is 0 Å². The van der Waals surface area contributed by atoms with Crippen molar-refractivity contribution in [3.8, 4) is 22.6 Å². The monoisotopic (exact) mass is 319 g/mol. The summed E-state index contributed by atoms with van der Waals surface area (Å²) in [7, 11) is 1.89. The van der Waals surface area contributed by atoms with Gasteiger partial charge in [0.05, 0.1) is 30.2 Å². The van der Waals surface area contributed by atoms with Crippen molar-refractivity contribution < 1.29 is 0 Å². The standard InChI is InChI=1S/C17H17N7/c1-3-4-6-23-12-14(10-20-23)17-21-15(13-9-19-22(2)11-13)8-16-18-5-7-24(16)17/h3-5,7-12H,6H2,1-2H3/b4-3+. The molecule has 4 heterocycles. The zero-order valence-corrected chi connectivity index (χ0v) is 13.5. The van der Waals surface area contributed by atoms with E-state index in [2.05, 4.69) is 21.3 Å². The van der Waals surface area contributed by atoms with Gasteiger partial charge in [-0.25, -0.2) is 9.97 Å². The summed E-state index contributed by atoms with van der Waals surface area (Å²) in [5.74, 6) is 0.815. The molecule has 7 heteroatoms. The minimum atomic E-state index is 0.742. The number of aromatic nitrogens is 7. The molecule has 7 nitrogen and oxygen atoms in total. The third-order valence-corrected chi connectivity index (χ3v) is 3.81. The summed E-state index contributed by atoms with van der Waals surface area (Å²) >= 11 is 0. The van der Waals surface area contributed by atoms with Crippen molar-refractivity contribution in [2.45, 2.75) is 13.5 Å². The number of nitrogens with zero attached hydrogens (tertiary/aromatic N) is 7. The van der Waals surface area contributed by atoms with Gasteiger partial charge >= 0.3 is 0 Å². The van der Waals surface area contributed by atoms with Gasteiger partial charge in [0.2, 0.25) is 0 Å². The van der Waals surface area contributed by atoms with E-state index < -0.39 is 0 Å². The van der Waals surface area contributed by atoms with Crippen LogP contribution in [0.5, 0.6) is 0 Å². The average molecular weight is 319 g/mol. The molecule has 0 fully saturated rings. The van der Waals surface area contributed by atoms with Gasteiger partial charge in [-0.05, 0) is 6.92 Å². The van der Waals surface area contributed by atoms with Gasteiger partial charge in [0, 0.05) is 43.5 Å². The van der Waals surface area contributed by atoms with Crippen LogP contribution in [0, 0.1) is 0 Å². The summed E-state index contributed by atoms with van der Waals surface area (Å²) in [4.78, 5) is 9.23. The van der Waals surface area contributed by atoms with Gasteiger partial charge in [-0.2, -0.15) is 10.2 Å². The normalized spacial score (nSPS) is 11.8. The maximum atomic E-state index is 4.82. The Labute approximate surface area is 138 Å². The van der Waals surface area contributed by atoms with E-state index >= 15 is 0 Å². The average Bonchev–Trinajstić information content (AvgIpc) is 3.32. The van der Waals surface area contributed by atoms with E-state index in [1.165, 1.54) is 0 Å². The SMILES string of the molecule is C/C=C/Cn1cc(-c2nc(-c3cnn(C)c3)cc3nccn23)cn1. The molecule has 0 spiro atoms. The van der Waals surface area contributed by atoms with Gasteiger partial charge in [0.15, 0.2) is 0 Å². The first-order valence-corrected chi connectivity index (χ1v) is 7.71. The fraction of sp³-hybridized carbons (Fsp3) is 0.176. The molecule has 0 aliphatic carbocycles. The summed E-state index contributed by atoms with van der Waals surface area (Å²) in [6.45, 7) is 2.74. The van der Waals surface area contributed by atoms with Crippen LogP contribution >= 0.6 is 0 Å². The zero-order valence-electron chi connectivity index (χ0n) is 13.5. The molecular weight excluding hydrogens is 302 g/mol. The Morgan fingerprint density at radius 1 is 1.12 bits per heavy atom. The van der Waals surface area contributed by atoms with Gasteiger partial charge in [0.1, 0.15) is 11.5 Å². The van der Waals surface area contributed by atoms with Crippen molar-refractivity contribution in [1.29, 1.82) is 0 Å². The molecule has 0 atom stereocenters. The van der Waals surface area contributed by atoms with Crippen LogP contribution < -0.4 is 0 Å². The van der Waals surface area contributed by atoms with Crippen molar-refractivity contribution in [2.24, 2.45) is 7.05 Å². The minimum Gasteiger partial charge on any atom is -0.284 e. The van der Waals surface area contributed by atoms with Crippen LogP contribution in [0.15, 0.2) is 55.4 Å². The molecule has 24 heavy (non-hydrogen) atoms. The molecule has 120 valence electrons. The van der Waals surface area contributed by atoms with E-state index in [9.17, 15) is 0 Å². The van der Waals surface area contributed by atoms with Crippen molar-refractivity contribution >= 4 is 5.65 Å². The smallest absolute Gasteiger partial charge is 0.149 e. The lowest BCUT2D eigenvalue weighted by molar-refractivity contribution is 0.701. The second kappa shape index (κ2) is 5.77. The molecule has 0 saturated carbocycles. The largest absolute Gasteiger partial charge is 0.284 e. The Morgan fingerprint density at radius 2 is 2.00 bits per heavy atom. The van der Waals surface area contributed by atoms with Crippen LogP contribution in [-0.4, -0.2) is 33.9 Å². The number of allylic oxidation sites excluding steroid dienone is 2. The van der Waals surface area contributed by atoms with Gasteiger partial charge < -0.3 is 0 Å². The van der Waals surface area contributed by atoms with Crippen LogP contribution in [0.25, 0.3) is 28.3 Å². The zero-order chi connectivity index (χ0) is 16.5. The Balaban J connectivity index is 1.84. The minimum absolute atomic E-state index is 0.742. The summed E-state index contributed by atoms with van der Waals surface area (Å²) in [6, 6.07) is 1.96. The lowest BCUT2D eigenvalue weighted by Gasteiger charge is -2.05. The molecule has 0 aliphatic heterocycles. The third kappa shape index (κ3) is 2.50. The van der Waals surface area contributed by atoms with Crippen molar-refractivity contribution in [2.75, 3.05) is 0 Å². The molecule has 0 bridgehead atoms. The molecule has 4 rings (SSSR count). The van der Waals surface area contributed by atoms with Gasteiger partial charge in [-0.15, -0.1) is 0 Å². The Kier molecular flexibility index (Phi) is 3.45. The second-order valence-electron chi connectivity index (χ2n) is 5.54. The quantitative estimate of drug-likeness (QED) is 0.542. The fourth-order valence-corrected chi connectivity index (χ4v) is 2.62. The molecule has 0 radical (unpaired) electrons. The van der Waals surface area contributed by atoms with Crippen LogP contribution in [0.1, 0.15) is 6.92 Å². The van der Waals surface area contributed by atoms with Crippen molar-refractivity contribution in [3.63, 3.8) is 0 Å². The Bertz CT molecular complexity index is 1020. The van der Waals surface area contributed by atoms with E-state index in [1.807, 2.05) is 60.0 Å². The highest BCUT2D eigenvalue weighted by molar-refractivity contribution is 5.68. The maximum Gasteiger partial charge on any atom is 0.149 e. The van der Waals surface area contributed by atoms with E-state index in [-0.39, 0.29) is 0 Å². The number of imidazole rings is 1. The highest BCUT2D eigenvalue weighted by Crippen LogP contribution is 2.24. The number of fused-ring (bicyclic) bond motifs is 1. The van der Waals surface area contributed by atoms with Crippen molar-refractivity contribution in [1.82, 2.24) is 33.9 Å². The molecule has 0 N–H and O–H groups in total. The van der Waals surface area contributed by atoms with Gasteiger partial charge in [0.25, 0.3) is 0 Å². The topological polar surface area (TPSA) is 65.8 Å². The predicted octanol–water partition coefficient (Wildman–Crippen LogP) is 2.57. The summed E-state index contributed by atoms with van der Waals surface area (Å²) in [6.07, 6.45) is 15.3. The summed E-state index contributed by atoms with van der Waals surface area (Å²) in [5, 5.41) is 8.63. The molecule has 4 aromatic heterocycles. The number of rotatable bonds is 4. The van der Waals surface area contributed by atoms with Gasteiger partial charge in [-0.3, -0.25) is 13.8 Å². The van der Waals surface area contributed by atoms with Gasteiger partial charge in [-0.1, -0.05) is 12.2 Å². The van der Waals surface area contributed by atoms with Crippen LogP contribution in [-0.2, 0) is 13.6 Å². The first kappa shape index (κ1) is 14.4. The highest BCUT2D eigenvalue weighted by Gasteiger charge is 2.12. The van der Waals surface area contributed by atoms with E-state index in [1.54, 1.807) is 17.1 Å². The van der Waals surface area contributed by atoms with Crippen LogP contribution in [0.2, 0.25) is 0 Å². The lowest BCUT2D eigenvalue weighted by atomic mass is 10.2. The summed E-state index contributed by atoms with van der Waals surface area (Å²) in [5.41, 5.74) is 3.61. The number of hydrogen-bond donors (Lipinski definition) is 0. The molecule has 4 aromatic rings. The maximum absolute atomic E-state index is 4.82. The predicted molar refractivity (Wildman–Crippen MR) is 91.2 cm³/mol. The number of aryl methyl sites for hydroxylation is 1. The Morgan fingerprint density at radius 3 is 2.79 bits per heavy atom.